The van der Waals surface area contributed by atoms with Crippen molar-refractivity contribution in [2.75, 3.05) is 0 Å². The molecule has 0 heterocycles. The standard InChI is InChI=1S/C26H25ClO3/c1-6-10-22(7-2)29-23-12-9-11-20(17-23)24(8-3)30-26(28)25(18(4)5)19-13-15-21(27)16-14-19/h3,6-7,9-18,24-25H,1-2H2,4-5H3/b22-10+. The Morgan fingerprint density at radius 1 is 1.13 bits per heavy atom. The highest BCUT2D eigenvalue weighted by Crippen LogP contribution is 2.30. The van der Waals surface area contributed by atoms with Crippen LogP contribution in [-0.4, -0.2) is 5.97 Å². The molecule has 30 heavy (non-hydrogen) atoms. The number of allylic oxidation sites excluding steroid dienone is 3. The van der Waals surface area contributed by atoms with Crippen LogP contribution in [0.1, 0.15) is 37.0 Å². The molecule has 2 rings (SSSR count). The smallest absolute Gasteiger partial charge is 0.315 e. The van der Waals surface area contributed by atoms with Crippen molar-refractivity contribution in [3.8, 4) is 18.1 Å². The molecule has 0 saturated carbocycles. The zero-order chi connectivity index (χ0) is 22.1. The molecule has 0 aliphatic heterocycles. The van der Waals surface area contributed by atoms with E-state index in [0.717, 1.165) is 5.56 Å². The first kappa shape index (κ1) is 23.1. The molecule has 0 saturated heterocycles. The third-order valence-electron chi connectivity index (χ3n) is 4.41. The Morgan fingerprint density at radius 2 is 1.83 bits per heavy atom. The Labute approximate surface area is 183 Å². The SMILES string of the molecule is C#CC(OC(=O)C(c1ccc(Cl)cc1)C(C)C)c1cccc(O/C(C=C)=C/C=C)c1. The number of halogens is 1. The molecule has 0 spiro atoms. The van der Waals surface area contributed by atoms with E-state index in [1.807, 2.05) is 26.0 Å². The van der Waals surface area contributed by atoms with Crippen LogP contribution in [0.25, 0.3) is 0 Å². The predicted octanol–water partition coefficient (Wildman–Crippen LogP) is 6.63. The minimum atomic E-state index is -0.842. The first-order chi connectivity index (χ1) is 14.4. The molecule has 2 aromatic carbocycles. The van der Waals surface area contributed by atoms with Crippen molar-refractivity contribution < 1.29 is 14.3 Å². The van der Waals surface area contributed by atoms with E-state index in [9.17, 15) is 4.79 Å². The fraction of sp³-hybridized carbons (Fsp3) is 0.192. The summed E-state index contributed by atoms with van der Waals surface area (Å²) in [6.45, 7) is 11.3. The first-order valence-electron chi connectivity index (χ1n) is 9.54. The van der Waals surface area contributed by atoms with Gasteiger partial charge in [0, 0.05) is 10.6 Å². The monoisotopic (exact) mass is 420 g/mol. The maximum absolute atomic E-state index is 13.0. The van der Waals surface area contributed by atoms with Crippen LogP contribution >= 0.6 is 11.6 Å². The zero-order valence-corrected chi connectivity index (χ0v) is 17.9. The fourth-order valence-corrected chi connectivity index (χ4v) is 3.11. The summed E-state index contributed by atoms with van der Waals surface area (Å²) in [6.07, 6.45) is 9.72. The van der Waals surface area contributed by atoms with Crippen molar-refractivity contribution in [3.63, 3.8) is 0 Å². The lowest BCUT2D eigenvalue weighted by Crippen LogP contribution is -2.22. The molecule has 0 aromatic heterocycles. The minimum Gasteiger partial charge on any atom is -0.457 e. The fourth-order valence-electron chi connectivity index (χ4n) is 2.99. The maximum Gasteiger partial charge on any atom is 0.315 e. The summed E-state index contributed by atoms with van der Waals surface area (Å²) in [5.74, 6) is 2.82. The van der Waals surface area contributed by atoms with Gasteiger partial charge in [-0.1, -0.05) is 74.9 Å². The third kappa shape index (κ3) is 6.14. The Balaban J connectivity index is 2.24. The van der Waals surface area contributed by atoms with Gasteiger partial charge in [0.15, 0.2) is 6.10 Å². The topological polar surface area (TPSA) is 35.5 Å². The van der Waals surface area contributed by atoms with Gasteiger partial charge in [-0.25, -0.2) is 0 Å². The molecule has 2 atom stereocenters. The van der Waals surface area contributed by atoms with Gasteiger partial charge in [-0.05, 0) is 47.9 Å². The van der Waals surface area contributed by atoms with E-state index in [-0.39, 0.29) is 11.9 Å². The number of hydrogen-bond donors (Lipinski definition) is 0. The number of terminal acetylenes is 1. The van der Waals surface area contributed by atoms with Crippen LogP contribution in [-0.2, 0) is 9.53 Å². The van der Waals surface area contributed by atoms with Gasteiger partial charge in [0.2, 0.25) is 0 Å². The van der Waals surface area contributed by atoms with Crippen LogP contribution in [0, 0.1) is 18.3 Å². The number of esters is 1. The Bertz CT molecular complexity index is 965. The molecule has 0 fully saturated rings. The van der Waals surface area contributed by atoms with Crippen molar-refractivity contribution in [2.45, 2.75) is 25.9 Å². The highest BCUT2D eigenvalue weighted by Gasteiger charge is 2.28. The average molecular weight is 421 g/mol. The van der Waals surface area contributed by atoms with E-state index in [4.69, 9.17) is 27.5 Å². The molecular formula is C26H25ClO3. The summed E-state index contributed by atoms with van der Waals surface area (Å²) in [5.41, 5.74) is 1.47. The number of benzene rings is 2. The lowest BCUT2D eigenvalue weighted by molar-refractivity contribution is -0.149. The molecule has 0 amide bonds. The second kappa shape index (κ2) is 11.1. The molecule has 0 N–H and O–H groups in total. The second-order valence-corrected chi connectivity index (χ2v) is 7.38. The van der Waals surface area contributed by atoms with Crippen LogP contribution < -0.4 is 4.74 Å². The number of carbonyl (C=O) groups is 1. The van der Waals surface area contributed by atoms with Crippen LogP contribution in [0.15, 0.2) is 85.7 Å². The van der Waals surface area contributed by atoms with E-state index in [1.165, 1.54) is 0 Å². The third-order valence-corrected chi connectivity index (χ3v) is 4.67. The summed E-state index contributed by atoms with van der Waals surface area (Å²) in [4.78, 5) is 13.0. The van der Waals surface area contributed by atoms with Gasteiger partial charge >= 0.3 is 5.97 Å². The number of carbonyl (C=O) groups excluding carboxylic acids is 1. The van der Waals surface area contributed by atoms with E-state index in [0.29, 0.717) is 22.1 Å². The van der Waals surface area contributed by atoms with Crippen LogP contribution in [0.4, 0.5) is 0 Å². The lowest BCUT2D eigenvalue weighted by atomic mass is 9.88. The summed E-state index contributed by atoms with van der Waals surface area (Å²) in [6, 6.07) is 14.3. The van der Waals surface area contributed by atoms with Gasteiger partial charge in [0.25, 0.3) is 0 Å². The largest absolute Gasteiger partial charge is 0.457 e. The van der Waals surface area contributed by atoms with Crippen LogP contribution in [0.2, 0.25) is 5.02 Å². The van der Waals surface area contributed by atoms with E-state index >= 15 is 0 Å². The van der Waals surface area contributed by atoms with Crippen molar-refractivity contribution in [1.29, 1.82) is 0 Å². The van der Waals surface area contributed by atoms with E-state index in [1.54, 1.807) is 54.6 Å². The molecule has 2 aromatic rings. The molecule has 3 nitrogen and oxygen atoms in total. The molecule has 4 heteroatoms. The van der Waals surface area contributed by atoms with Gasteiger partial charge < -0.3 is 9.47 Å². The first-order valence-corrected chi connectivity index (χ1v) is 9.92. The molecule has 2 unspecified atom stereocenters. The van der Waals surface area contributed by atoms with Crippen LogP contribution in [0.3, 0.4) is 0 Å². The van der Waals surface area contributed by atoms with Crippen molar-refractivity contribution in [2.24, 2.45) is 5.92 Å². The Kier molecular flexibility index (Phi) is 8.53. The highest BCUT2D eigenvalue weighted by atomic mass is 35.5. The average Bonchev–Trinajstić information content (AvgIpc) is 2.73. The number of rotatable bonds is 9. The quantitative estimate of drug-likeness (QED) is 0.197. The molecule has 0 aliphatic carbocycles. The number of hydrogen-bond acceptors (Lipinski definition) is 3. The highest BCUT2D eigenvalue weighted by molar-refractivity contribution is 6.30. The predicted molar refractivity (Wildman–Crippen MR) is 122 cm³/mol. The normalized spacial score (nSPS) is 13.1. The maximum atomic E-state index is 13.0. The van der Waals surface area contributed by atoms with Crippen molar-refractivity contribution in [1.82, 2.24) is 0 Å². The van der Waals surface area contributed by atoms with Gasteiger partial charge in [-0.2, -0.15) is 0 Å². The second-order valence-electron chi connectivity index (χ2n) is 6.94. The van der Waals surface area contributed by atoms with Crippen molar-refractivity contribution >= 4 is 17.6 Å². The molecule has 0 bridgehead atoms. The Morgan fingerprint density at radius 3 is 2.40 bits per heavy atom. The van der Waals surface area contributed by atoms with Gasteiger partial charge in [-0.15, -0.1) is 6.42 Å². The summed E-state index contributed by atoms with van der Waals surface area (Å²) < 4.78 is 11.5. The molecular weight excluding hydrogens is 396 g/mol. The Hall–Kier alpha value is -3.22. The summed E-state index contributed by atoms with van der Waals surface area (Å²) in [7, 11) is 0. The van der Waals surface area contributed by atoms with Crippen LogP contribution in [0.5, 0.6) is 5.75 Å². The lowest BCUT2D eigenvalue weighted by Gasteiger charge is -2.22. The minimum absolute atomic E-state index is 0.0194. The van der Waals surface area contributed by atoms with Gasteiger partial charge in [0.05, 0.1) is 5.92 Å². The molecule has 0 aliphatic rings. The summed E-state index contributed by atoms with van der Waals surface area (Å²) >= 11 is 5.97. The van der Waals surface area contributed by atoms with Gasteiger partial charge in [0.1, 0.15) is 11.5 Å². The molecule has 0 radical (unpaired) electrons. The van der Waals surface area contributed by atoms with Gasteiger partial charge in [-0.3, -0.25) is 4.79 Å². The summed E-state index contributed by atoms with van der Waals surface area (Å²) in [5, 5.41) is 0.609. The zero-order valence-electron chi connectivity index (χ0n) is 17.2. The number of ether oxygens (including phenoxy) is 2. The van der Waals surface area contributed by atoms with Crippen molar-refractivity contribution in [3.05, 3.63) is 102 Å². The molecule has 154 valence electrons. The van der Waals surface area contributed by atoms with E-state index in [2.05, 4.69) is 19.1 Å². The van der Waals surface area contributed by atoms with E-state index < -0.39 is 12.0 Å².